The molecule has 0 fully saturated rings. The minimum Gasteiger partial charge on any atom is -0.411 e. The average Bonchev–Trinajstić information content (AvgIpc) is 2.38. The van der Waals surface area contributed by atoms with Crippen molar-refractivity contribution < 1.29 is 4.43 Å². The van der Waals surface area contributed by atoms with Crippen LogP contribution in [0.5, 0.6) is 0 Å². The van der Waals surface area contributed by atoms with Crippen molar-refractivity contribution >= 4 is 18.7 Å². The fraction of sp³-hybridized carbons (Fsp3) is 0.294. The predicted molar refractivity (Wildman–Crippen MR) is 85.0 cm³/mol. The van der Waals surface area contributed by atoms with Gasteiger partial charge in [0.05, 0.1) is 0 Å². The van der Waals surface area contributed by atoms with Crippen molar-refractivity contribution in [2.45, 2.75) is 27.3 Å². The smallest absolute Gasteiger partial charge is 0.252 e. The lowest BCUT2D eigenvalue weighted by Crippen LogP contribution is -2.60. The minimum absolute atomic E-state index is 1.32. The summed E-state index contributed by atoms with van der Waals surface area (Å²) in [5.74, 6) is 0. The summed E-state index contributed by atoms with van der Waals surface area (Å²) >= 11 is 0. The summed E-state index contributed by atoms with van der Waals surface area (Å²) in [7, 11) is -0.258. The third-order valence-corrected chi connectivity index (χ3v) is 8.17. The van der Waals surface area contributed by atoms with Crippen LogP contribution in [0.3, 0.4) is 0 Å². The van der Waals surface area contributed by atoms with Crippen LogP contribution in [-0.2, 0) is 4.43 Å². The quantitative estimate of drug-likeness (QED) is 0.779. The summed E-state index contributed by atoms with van der Waals surface area (Å²) in [6.45, 7) is 8.84. The van der Waals surface area contributed by atoms with E-state index in [2.05, 4.69) is 69.8 Å². The molecule has 2 rings (SSSR count). The van der Waals surface area contributed by atoms with Crippen molar-refractivity contribution in [3.8, 4) is 0 Å². The van der Waals surface area contributed by atoms with E-state index in [0.717, 1.165) is 0 Å². The van der Waals surface area contributed by atoms with Gasteiger partial charge < -0.3 is 4.43 Å². The Kier molecular flexibility index (Phi) is 3.93. The molecule has 0 spiro atoms. The number of aryl methyl sites for hydroxylation is 3. The third kappa shape index (κ3) is 2.38. The van der Waals surface area contributed by atoms with Crippen molar-refractivity contribution in [3.05, 3.63) is 59.2 Å². The highest BCUT2D eigenvalue weighted by Gasteiger charge is 2.36. The molecule has 1 nitrogen and oxygen atoms in total. The van der Waals surface area contributed by atoms with Crippen LogP contribution in [0, 0.1) is 20.8 Å². The molecule has 19 heavy (non-hydrogen) atoms. The maximum atomic E-state index is 6.09. The fourth-order valence-corrected chi connectivity index (χ4v) is 6.64. The van der Waals surface area contributed by atoms with E-state index < -0.39 is 8.32 Å². The number of benzene rings is 2. The third-order valence-electron chi connectivity index (χ3n) is 4.03. The zero-order valence-corrected chi connectivity index (χ0v) is 13.4. The van der Waals surface area contributed by atoms with Crippen LogP contribution in [0.1, 0.15) is 16.7 Å². The summed E-state index contributed by atoms with van der Waals surface area (Å²) in [4.78, 5) is 0. The van der Waals surface area contributed by atoms with Crippen molar-refractivity contribution in [3.63, 3.8) is 0 Å². The summed E-state index contributed by atoms with van der Waals surface area (Å²) in [6, 6.07) is 15.1. The average molecular weight is 270 g/mol. The monoisotopic (exact) mass is 270 g/mol. The summed E-state index contributed by atoms with van der Waals surface area (Å²) in [6.07, 6.45) is 0. The van der Waals surface area contributed by atoms with Crippen LogP contribution in [0.15, 0.2) is 42.5 Å². The van der Waals surface area contributed by atoms with Gasteiger partial charge in [-0.05, 0) is 54.4 Å². The first-order valence-electron chi connectivity index (χ1n) is 6.68. The molecule has 0 amide bonds. The Bertz CT molecular complexity index is 571. The highest BCUT2D eigenvalue weighted by Crippen LogP contribution is 2.14. The number of hydrogen-bond donors (Lipinski definition) is 0. The van der Waals surface area contributed by atoms with Crippen molar-refractivity contribution in [2.75, 3.05) is 7.11 Å². The van der Waals surface area contributed by atoms with Crippen LogP contribution in [0.4, 0.5) is 0 Å². The highest BCUT2D eigenvalue weighted by atomic mass is 28.4. The Balaban J connectivity index is 2.71. The molecular weight excluding hydrogens is 248 g/mol. The molecule has 0 N–H and O–H groups in total. The second kappa shape index (κ2) is 5.31. The zero-order valence-electron chi connectivity index (χ0n) is 12.4. The van der Waals surface area contributed by atoms with E-state index in [1.54, 1.807) is 0 Å². The second-order valence-electron chi connectivity index (χ2n) is 5.32. The van der Waals surface area contributed by atoms with Crippen LogP contribution in [0.2, 0.25) is 6.55 Å². The van der Waals surface area contributed by atoms with E-state index in [-0.39, 0.29) is 0 Å². The molecule has 0 bridgehead atoms. The lowest BCUT2D eigenvalue weighted by atomic mass is 10.2. The van der Waals surface area contributed by atoms with Crippen LogP contribution < -0.4 is 10.4 Å². The molecule has 0 radical (unpaired) electrons. The van der Waals surface area contributed by atoms with Crippen LogP contribution in [-0.4, -0.2) is 15.4 Å². The van der Waals surface area contributed by atoms with Gasteiger partial charge in [-0.2, -0.15) is 0 Å². The van der Waals surface area contributed by atoms with Gasteiger partial charge in [0.15, 0.2) is 0 Å². The molecule has 0 heterocycles. The molecule has 2 aromatic carbocycles. The molecule has 0 aliphatic carbocycles. The fourth-order valence-electron chi connectivity index (χ4n) is 3.02. The molecule has 1 atom stereocenters. The molecule has 0 saturated heterocycles. The molecule has 0 aromatic heterocycles. The summed E-state index contributed by atoms with van der Waals surface area (Å²) in [5, 5.41) is 2.78. The zero-order chi connectivity index (χ0) is 14.0. The van der Waals surface area contributed by atoms with E-state index >= 15 is 0 Å². The Labute approximate surface area is 117 Å². The maximum Gasteiger partial charge on any atom is 0.252 e. The Morgan fingerprint density at radius 1 is 0.789 bits per heavy atom. The molecule has 0 aliphatic heterocycles. The van der Waals surface area contributed by atoms with Gasteiger partial charge in [-0.1, -0.05) is 42.5 Å². The number of hydrogen-bond acceptors (Lipinski definition) is 1. The van der Waals surface area contributed by atoms with Crippen molar-refractivity contribution in [1.29, 1.82) is 0 Å². The summed E-state index contributed by atoms with van der Waals surface area (Å²) in [5.41, 5.74) is 3.99. The van der Waals surface area contributed by atoms with Gasteiger partial charge in [0.2, 0.25) is 0 Å². The first-order valence-corrected chi connectivity index (χ1v) is 9.09. The van der Waals surface area contributed by atoms with Crippen LogP contribution >= 0.6 is 0 Å². The summed E-state index contributed by atoms with van der Waals surface area (Å²) < 4.78 is 6.09. The van der Waals surface area contributed by atoms with Crippen LogP contribution in [0.25, 0.3) is 0 Å². The van der Waals surface area contributed by atoms with Gasteiger partial charge in [-0.15, -0.1) is 0 Å². The van der Waals surface area contributed by atoms with Gasteiger partial charge in [0, 0.05) is 7.11 Å². The first-order chi connectivity index (χ1) is 9.00. The van der Waals surface area contributed by atoms with Gasteiger partial charge in [0.1, 0.15) is 0 Å². The molecular formula is C17H22OSi. The normalized spacial score (nSPS) is 14.2. The first kappa shape index (κ1) is 14.0. The molecule has 0 aliphatic rings. The Morgan fingerprint density at radius 2 is 1.32 bits per heavy atom. The molecule has 2 aromatic rings. The largest absolute Gasteiger partial charge is 0.411 e. The molecule has 100 valence electrons. The SMILES string of the molecule is CO[Si](C)(c1ccccc1C)c1c(C)cccc1C. The Morgan fingerprint density at radius 3 is 1.84 bits per heavy atom. The lowest BCUT2D eigenvalue weighted by molar-refractivity contribution is 0.421. The highest BCUT2D eigenvalue weighted by molar-refractivity contribution is 6.97. The van der Waals surface area contributed by atoms with Gasteiger partial charge in [-0.3, -0.25) is 0 Å². The standard InChI is InChI=1S/C17H22OSi/c1-13-9-6-7-12-16(13)19(5,18-4)17-14(2)10-8-11-15(17)3/h6-12H,1-5H3. The molecule has 1 unspecified atom stereocenters. The second-order valence-corrected chi connectivity index (χ2v) is 8.83. The van der Waals surface area contributed by atoms with Gasteiger partial charge in [-0.25, -0.2) is 0 Å². The lowest BCUT2D eigenvalue weighted by Gasteiger charge is -2.31. The van der Waals surface area contributed by atoms with Gasteiger partial charge >= 0.3 is 0 Å². The predicted octanol–water partition coefficient (Wildman–Crippen LogP) is 2.95. The molecule has 2 heteroatoms. The molecule has 0 saturated carbocycles. The minimum atomic E-state index is -2.11. The van der Waals surface area contributed by atoms with E-state index in [9.17, 15) is 0 Å². The van der Waals surface area contributed by atoms with Crippen molar-refractivity contribution in [1.82, 2.24) is 0 Å². The maximum absolute atomic E-state index is 6.09. The van der Waals surface area contributed by atoms with E-state index in [1.165, 1.54) is 27.1 Å². The van der Waals surface area contributed by atoms with E-state index in [0.29, 0.717) is 0 Å². The van der Waals surface area contributed by atoms with E-state index in [1.807, 2.05) is 7.11 Å². The van der Waals surface area contributed by atoms with Crippen molar-refractivity contribution in [2.24, 2.45) is 0 Å². The van der Waals surface area contributed by atoms with E-state index in [4.69, 9.17) is 4.43 Å². The number of rotatable bonds is 3. The topological polar surface area (TPSA) is 9.23 Å². The Hall–Kier alpha value is -1.38. The van der Waals surface area contributed by atoms with Gasteiger partial charge in [0.25, 0.3) is 8.32 Å².